The number of anilines is 1. The topological polar surface area (TPSA) is 18.5 Å². The Hall–Kier alpha value is -0.910. The summed E-state index contributed by atoms with van der Waals surface area (Å²) in [5.74, 6) is 3.55. The predicted octanol–water partition coefficient (Wildman–Crippen LogP) is 4.62. The molecule has 5 aliphatic rings. The zero-order valence-corrected chi connectivity index (χ0v) is 17.1. The molecule has 0 radical (unpaired) electrons. The van der Waals surface area contributed by atoms with Gasteiger partial charge in [0.15, 0.2) is 5.11 Å². The summed E-state index contributed by atoms with van der Waals surface area (Å²) < 4.78 is 13.3. The molecule has 1 saturated heterocycles. The van der Waals surface area contributed by atoms with E-state index >= 15 is 0 Å². The van der Waals surface area contributed by atoms with Gasteiger partial charge in [0.05, 0.1) is 5.02 Å². The van der Waals surface area contributed by atoms with Crippen molar-refractivity contribution < 1.29 is 4.39 Å². The quantitative estimate of drug-likeness (QED) is 0.721. The molecule has 0 amide bonds. The van der Waals surface area contributed by atoms with Gasteiger partial charge in [-0.3, -0.25) is 4.90 Å². The van der Waals surface area contributed by atoms with E-state index in [9.17, 15) is 4.39 Å². The van der Waals surface area contributed by atoms with Gasteiger partial charge in [-0.15, -0.1) is 0 Å². The first kappa shape index (κ1) is 18.1. The maximum Gasteiger partial charge on any atom is 0.173 e. The lowest BCUT2D eigenvalue weighted by Gasteiger charge is -2.58. The van der Waals surface area contributed by atoms with E-state index in [0.717, 1.165) is 61.6 Å². The first-order chi connectivity index (χ1) is 13.1. The van der Waals surface area contributed by atoms with E-state index in [0.29, 0.717) is 5.11 Å². The van der Waals surface area contributed by atoms with Gasteiger partial charge in [-0.2, -0.15) is 0 Å². The van der Waals surface area contributed by atoms with Gasteiger partial charge in [-0.1, -0.05) is 11.6 Å². The molecule has 3 nitrogen and oxygen atoms in total. The van der Waals surface area contributed by atoms with Crippen LogP contribution in [0.1, 0.15) is 32.1 Å². The van der Waals surface area contributed by atoms with Crippen molar-refractivity contribution in [3.05, 3.63) is 29.0 Å². The maximum atomic E-state index is 13.3. The Bertz CT molecular complexity index is 706. The molecule has 6 rings (SSSR count). The average molecular weight is 408 g/mol. The van der Waals surface area contributed by atoms with E-state index in [-0.39, 0.29) is 5.02 Å². The normalized spacial score (nSPS) is 35.5. The molecule has 4 aliphatic carbocycles. The van der Waals surface area contributed by atoms with Crippen LogP contribution in [0.3, 0.4) is 0 Å². The lowest BCUT2D eigenvalue weighted by Crippen LogP contribution is -2.60. The molecule has 1 heterocycles. The van der Waals surface area contributed by atoms with E-state index in [2.05, 4.69) is 15.1 Å². The fourth-order valence-electron chi connectivity index (χ4n) is 6.49. The Labute approximate surface area is 171 Å². The van der Waals surface area contributed by atoms with E-state index in [4.69, 9.17) is 23.8 Å². The Balaban J connectivity index is 1.18. The van der Waals surface area contributed by atoms with Crippen LogP contribution >= 0.6 is 23.8 Å². The van der Waals surface area contributed by atoms with Gasteiger partial charge in [0.25, 0.3) is 0 Å². The van der Waals surface area contributed by atoms with E-state index in [1.54, 1.807) is 12.1 Å². The summed E-state index contributed by atoms with van der Waals surface area (Å²) in [4.78, 5) is 5.00. The van der Waals surface area contributed by atoms with Crippen LogP contribution in [0.2, 0.25) is 5.02 Å². The molecule has 5 fully saturated rings. The number of piperazine rings is 1. The lowest BCUT2D eigenvalue weighted by molar-refractivity contribution is -0.0726. The molecule has 6 heteroatoms. The number of halogens is 2. The molecule has 146 valence electrons. The number of rotatable bonds is 2. The van der Waals surface area contributed by atoms with Crippen molar-refractivity contribution in [3.8, 4) is 0 Å². The molecule has 4 bridgehead atoms. The number of nitrogens with one attached hydrogen (secondary N) is 1. The summed E-state index contributed by atoms with van der Waals surface area (Å²) in [5, 5.41) is 4.04. The first-order valence-electron chi connectivity index (χ1n) is 10.3. The van der Waals surface area contributed by atoms with Crippen LogP contribution in [0, 0.1) is 29.5 Å². The zero-order valence-electron chi connectivity index (χ0n) is 15.5. The van der Waals surface area contributed by atoms with Gasteiger partial charge in [-0.05, 0) is 86.2 Å². The minimum Gasteiger partial charge on any atom is -0.346 e. The van der Waals surface area contributed by atoms with Crippen LogP contribution in [0.15, 0.2) is 18.2 Å². The highest BCUT2D eigenvalue weighted by atomic mass is 35.5. The third-order valence-electron chi connectivity index (χ3n) is 7.37. The molecule has 0 spiro atoms. The SMILES string of the molecule is Fc1ccc(NC(=S)N2CCN(C3C4CC5CC(C4)CC3C5)CC2)cc1Cl. The molecular weight excluding hydrogens is 381 g/mol. The molecule has 1 N–H and O–H groups in total. The Kier molecular flexibility index (Phi) is 4.81. The van der Waals surface area contributed by atoms with Crippen molar-refractivity contribution >= 4 is 34.6 Å². The smallest absolute Gasteiger partial charge is 0.173 e. The number of hydrogen-bond acceptors (Lipinski definition) is 2. The summed E-state index contributed by atoms with van der Waals surface area (Å²) in [6.07, 6.45) is 7.42. The van der Waals surface area contributed by atoms with Crippen molar-refractivity contribution in [3.63, 3.8) is 0 Å². The lowest BCUT2D eigenvalue weighted by atomic mass is 9.54. The fourth-order valence-corrected chi connectivity index (χ4v) is 6.97. The van der Waals surface area contributed by atoms with E-state index in [1.807, 2.05) is 0 Å². The molecule has 0 aromatic heterocycles. The van der Waals surface area contributed by atoms with E-state index < -0.39 is 5.82 Å². The second-order valence-electron chi connectivity index (χ2n) is 9.00. The molecule has 1 aromatic rings. The minimum atomic E-state index is -0.405. The monoisotopic (exact) mass is 407 g/mol. The Morgan fingerprint density at radius 3 is 2.22 bits per heavy atom. The highest BCUT2D eigenvalue weighted by molar-refractivity contribution is 7.80. The van der Waals surface area contributed by atoms with Gasteiger partial charge in [-0.25, -0.2) is 4.39 Å². The van der Waals surface area contributed by atoms with Crippen molar-refractivity contribution in [1.29, 1.82) is 0 Å². The van der Waals surface area contributed by atoms with Crippen molar-refractivity contribution in [2.45, 2.75) is 38.1 Å². The number of thiocarbonyl (C=S) groups is 1. The van der Waals surface area contributed by atoms with Crippen molar-refractivity contribution in [2.75, 3.05) is 31.5 Å². The van der Waals surface area contributed by atoms with Gasteiger partial charge in [0.1, 0.15) is 5.82 Å². The highest BCUT2D eigenvalue weighted by Gasteiger charge is 2.50. The second-order valence-corrected chi connectivity index (χ2v) is 9.80. The summed E-state index contributed by atoms with van der Waals surface area (Å²) in [5.41, 5.74) is 0.745. The molecule has 0 unspecified atom stereocenters. The van der Waals surface area contributed by atoms with E-state index in [1.165, 1.54) is 38.2 Å². The fraction of sp³-hybridized carbons (Fsp3) is 0.667. The number of benzene rings is 1. The molecule has 4 saturated carbocycles. The van der Waals surface area contributed by atoms with Gasteiger partial charge in [0, 0.05) is 37.9 Å². The Morgan fingerprint density at radius 2 is 1.63 bits per heavy atom. The average Bonchev–Trinajstić information content (AvgIpc) is 2.64. The molecule has 1 aromatic carbocycles. The standard InChI is InChI=1S/C21H27ClFN3S/c22-18-12-17(1-2-19(18)23)24-21(27)26-5-3-25(4-6-26)20-15-8-13-7-14(10-15)11-16(20)9-13/h1-2,12-16,20H,3-11H2,(H,24,27). The van der Waals surface area contributed by atoms with Gasteiger partial charge < -0.3 is 10.2 Å². The molecular formula is C21H27ClFN3S. The third kappa shape index (κ3) is 3.47. The van der Waals surface area contributed by atoms with Crippen LogP contribution in [0.25, 0.3) is 0 Å². The first-order valence-corrected chi connectivity index (χ1v) is 11.1. The number of hydrogen-bond donors (Lipinski definition) is 1. The highest BCUT2D eigenvalue weighted by Crippen LogP contribution is 2.55. The number of nitrogens with zero attached hydrogens (tertiary/aromatic N) is 2. The van der Waals surface area contributed by atoms with Gasteiger partial charge in [0.2, 0.25) is 0 Å². The summed E-state index contributed by atoms with van der Waals surface area (Å²) in [6.45, 7) is 4.12. The van der Waals surface area contributed by atoms with Gasteiger partial charge >= 0.3 is 0 Å². The Morgan fingerprint density at radius 1 is 1.00 bits per heavy atom. The zero-order chi connectivity index (χ0) is 18.5. The van der Waals surface area contributed by atoms with Crippen LogP contribution in [-0.4, -0.2) is 47.1 Å². The molecule has 0 atom stereocenters. The second kappa shape index (κ2) is 7.16. The van der Waals surface area contributed by atoms with Crippen LogP contribution in [0.5, 0.6) is 0 Å². The van der Waals surface area contributed by atoms with Crippen LogP contribution in [-0.2, 0) is 0 Å². The minimum absolute atomic E-state index is 0.120. The summed E-state index contributed by atoms with van der Waals surface area (Å²) in [6, 6.07) is 5.46. The molecule has 27 heavy (non-hydrogen) atoms. The summed E-state index contributed by atoms with van der Waals surface area (Å²) in [7, 11) is 0. The third-order valence-corrected chi connectivity index (χ3v) is 8.02. The maximum absolute atomic E-state index is 13.3. The molecule has 1 aliphatic heterocycles. The predicted molar refractivity (Wildman–Crippen MR) is 112 cm³/mol. The largest absolute Gasteiger partial charge is 0.346 e. The van der Waals surface area contributed by atoms with Crippen LogP contribution < -0.4 is 5.32 Å². The summed E-state index contributed by atoms with van der Waals surface area (Å²) >= 11 is 11.5. The van der Waals surface area contributed by atoms with Crippen molar-refractivity contribution in [1.82, 2.24) is 9.80 Å². The van der Waals surface area contributed by atoms with Crippen molar-refractivity contribution in [2.24, 2.45) is 23.7 Å². The van der Waals surface area contributed by atoms with Crippen LogP contribution in [0.4, 0.5) is 10.1 Å².